The van der Waals surface area contributed by atoms with Crippen LogP contribution in [0, 0.1) is 6.92 Å². The van der Waals surface area contributed by atoms with Gasteiger partial charge < -0.3 is 15.2 Å². The molecule has 3 heterocycles. The second-order valence-electron chi connectivity index (χ2n) is 7.04. The first-order valence-electron chi connectivity index (χ1n) is 9.57. The van der Waals surface area contributed by atoms with Crippen LogP contribution in [0.15, 0.2) is 42.7 Å². The van der Waals surface area contributed by atoms with Crippen molar-refractivity contribution in [3.05, 3.63) is 53.3 Å². The highest BCUT2D eigenvalue weighted by Crippen LogP contribution is 2.37. The minimum Gasteiger partial charge on any atom is -0.489 e. The Balaban J connectivity index is 0.000000339. The molecule has 10 heteroatoms. The summed E-state index contributed by atoms with van der Waals surface area (Å²) < 4.78 is 40.2. The molecule has 0 unspecified atom stereocenters. The van der Waals surface area contributed by atoms with Crippen LogP contribution in [0.4, 0.5) is 13.2 Å². The first-order valence-corrected chi connectivity index (χ1v) is 9.94. The van der Waals surface area contributed by atoms with Crippen LogP contribution in [0.5, 0.6) is 5.75 Å². The third kappa shape index (κ3) is 5.68. The minimum atomic E-state index is -5.08. The summed E-state index contributed by atoms with van der Waals surface area (Å²) >= 11 is 6.34. The Morgan fingerprint density at radius 1 is 1.29 bits per heavy atom. The molecule has 6 nitrogen and oxygen atoms in total. The highest BCUT2D eigenvalue weighted by molar-refractivity contribution is 6.31. The number of aliphatic carboxylic acids is 1. The summed E-state index contributed by atoms with van der Waals surface area (Å²) in [6, 6.07) is 9.92. The zero-order chi connectivity index (χ0) is 22.6. The van der Waals surface area contributed by atoms with Gasteiger partial charge in [0.25, 0.3) is 0 Å². The van der Waals surface area contributed by atoms with Crippen molar-refractivity contribution < 1.29 is 27.8 Å². The number of nitrogens with zero attached hydrogens (tertiary/aromatic N) is 2. The first kappa shape index (κ1) is 22.9. The zero-order valence-corrected chi connectivity index (χ0v) is 17.4. The number of alkyl halides is 3. The molecule has 1 fully saturated rings. The topological polar surface area (TPSA) is 75.9 Å². The molecule has 1 aliphatic heterocycles. The molecule has 2 aromatic heterocycles. The Labute approximate surface area is 181 Å². The van der Waals surface area contributed by atoms with Gasteiger partial charge in [-0.05, 0) is 62.7 Å². The third-order valence-electron chi connectivity index (χ3n) is 4.75. The van der Waals surface area contributed by atoms with Crippen molar-refractivity contribution in [2.75, 3.05) is 13.1 Å². The number of aromatic nitrogens is 2. The Morgan fingerprint density at radius 3 is 2.61 bits per heavy atom. The molecule has 1 aromatic carbocycles. The summed E-state index contributed by atoms with van der Waals surface area (Å²) in [7, 11) is 0. The normalized spacial score (nSPS) is 14.7. The van der Waals surface area contributed by atoms with Gasteiger partial charge in [-0.3, -0.25) is 4.40 Å². The van der Waals surface area contributed by atoms with Gasteiger partial charge in [0.1, 0.15) is 17.5 Å². The third-order valence-corrected chi connectivity index (χ3v) is 4.96. The van der Waals surface area contributed by atoms with Crippen LogP contribution >= 0.6 is 11.6 Å². The maximum absolute atomic E-state index is 10.6. The van der Waals surface area contributed by atoms with Crippen LogP contribution in [0.1, 0.15) is 18.4 Å². The van der Waals surface area contributed by atoms with Crippen molar-refractivity contribution >= 4 is 23.2 Å². The predicted octanol–water partition coefficient (Wildman–Crippen LogP) is 4.73. The monoisotopic (exact) mass is 455 g/mol. The Morgan fingerprint density at radius 2 is 1.97 bits per heavy atom. The number of carboxylic acids is 1. The van der Waals surface area contributed by atoms with E-state index in [0.29, 0.717) is 5.02 Å². The van der Waals surface area contributed by atoms with Crippen LogP contribution in [0.3, 0.4) is 0 Å². The molecule has 0 amide bonds. The van der Waals surface area contributed by atoms with E-state index in [1.807, 2.05) is 42.7 Å². The fraction of sp³-hybridized carbons (Fsp3) is 0.333. The van der Waals surface area contributed by atoms with Crippen molar-refractivity contribution in [1.29, 1.82) is 0 Å². The molecule has 0 spiro atoms. The van der Waals surface area contributed by atoms with Crippen molar-refractivity contribution in [2.24, 2.45) is 0 Å². The lowest BCUT2D eigenvalue weighted by atomic mass is 10.1. The Hall–Kier alpha value is -2.78. The largest absolute Gasteiger partial charge is 0.490 e. The van der Waals surface area contributed by atoms with Gasteiger partial charge in [-0.1, -0.05) is 17.7 Å². The average Bonchev–Trinajstić information content (AvgIpc) is 3.14. The summed E-state index contributed by atoms with van der Waals surface area (Å²) in [4.78, 5) is 13.4. The molecule has 0 bridgehead atoms. The van der Waals surface area contributed by atoms with E-state index in [2.05, 4.69) is 21.6 Å². The van der Waals surface area contributed by atoms with Crippen LogP contribution in [0.2, 0.25) is 5.02 Å². The van der Waals surface area contributed by atoms with Crippen LogP contribution in [0.25, 0.3) is 16.9 Å². The van der Waals surface area contributed by atoms with E-state index in [1.165, 1.54) is 0 Å². The first-order chi connectivity index (χ1) is 14.7. The number of hydrogen-bond acceptors (Lipinski definition) is 4. The SMILES string of the molecule is Cc1cc(Cl)cc(-c2cnc3ccccn23)c1OC1CCNCC1.O=C(O)C(F)(F)F. The number of nitrogens with one attached hydrogen (secondary N) is 1. The van der Waals surface area contributed by atoms with Crippen molar-refractivity contribution in [3.63, 3.8) is 0 Å². The number of aryl methyl sites for hydroxylation is 1. The van der Waals surface area contributed by atoms with E-state index in [4.69, 9.17) is 26.2 Å². The smallest absolute Gasteiger partial charge is 0.489 e. The number of halogens is 4. The quantitative estimate of drug-likeness (QED) is 0.597. The van der Waals surface area contributed by atoms with Gasteiger partial charge in [0.05, 0.1) is 11.9 Å². The molecule has 0 atom stereocenters. The molecule has 4 rings (SSSR count). The highest BCUT2D eigenvalue weighted by Gasteiger charge is 2.38. The Bertz CT molecular complexity index is 1060. The number of ether oxygens (including phenoxy) is 1. The van der Waals surface area contributed by atoms with Gasteiger partial charge in [-0.15, -0.1) is 0 Å². The van der Waals surface area contributed by atoms with Crippen molar-refractivity contribution in [3.8, 4) is 17.0 Å². The van der Waals surface area contributed by atoms with Gasteiger partial charge >= 0.3 is 12.1 Å². The second-order valence-corrected chi connectivity index (χ2v) is 7.48. The number of benzene rings is 1. The molecule has 3 aromatic rings. The highest BCUT2D eigenvalue weighted by atomic mass is 35.5. The van der Waals surface area contributed by atoms with Crippen molar-refractivity contribution in [1.82, 2.24) is 14.7 Å². The molecule has 166 valence electrons. The van der Waals surface area contributed by atoms with Gasteiger partial charge in [0, 0.05) is 16.8 Å². The maximum Gasteiger partial charge on any atom is 0.490 e. The lowest BCUT2D eigenvalue weighted by molar-refractivity contribution is -0.192. The number of carbonyl (C=O) groups is 1. The van der Waals surface area contributed by atoms with E-state index in [9.17, 15) is 13.2 Å². The molecule has 31 heavy (non-hydrogen) atoms. The molecule has 2 N–H and O–H groups in total. The number of piperidine rings is 1. The number of imidazole rings is 1. The molecular weight excluding hydrogens is 435 g/mol. The standard InChI is InChI=1S/C19H20ClN3O.C2HF3O2/c1-13-10-14(20)11-16(19(13)24-15-5-7-21-8-6-15)17-12-22-18-4-2-3-9-23(17)18;3-2(4,5)1(6)7/h2-4,9-12,15,21H,5-8H2,1H3;(H,6,7). The van der Waals surface area contributed by atoms with E-state index >= 15 is 0 Å². The molecular formula is C21H21ClF3N3O3. The van der Waals surface area contributed by atoms with Gasteiger partial charge in [-0.25, -0.2) is 9.78 Å². The second kappa shape index (κ2) is 9.57. The summed E-state index contributed by atoms with van der Waals surface area (Å²) in [6.45, 7) is 4.06. The van der Waals surface area contributed by atoms with E-state index in [-0.39, 0.29) is 6.10 Å². The minimum absolute atomic E-state index is 0.240. The number of hydrogen-bond donors (Lipinski definition) is 2. The Kier molecular flexibility index (Phi) is 7.07. The van der Waals surface area contributed by atoms with Crippen LogP contribution in [-0.4, -0.2) is 45.8 Å². The number of rotatable bonds is 3. The summed E-state index contributed by atoms with van der Waals surface area (Å²) in [6.07, 6.45) is 1.10. The number of fused-ring (bicyclic) bond motifs is 1. The van der Waals surface area contributed by atoms with E-state index in [1.54, 1.807) is 0 Å². The summed E-state index contributed by atoms with van der Waals surface area (Å²) in [5.41, 5.74) is 3.97. The lowest BCUT2D eigenvalue weighted by Crippen LogP contribution is -2.34. The fourth-order valence-corrected chi connectivity index (χ4v) is 3.56. The zero-order valence-electron chi connectivity index (χ0n) is 16.6. The molecule has 0 radical (unpaired) electrons. The number of carboxylic acid groups (broad SMARTS) is 1. The van der Waals surface area contributed by atoms with Crippen molar-refractivity contribution in [2.45, 2.75) is 32.0 Å². The maximum atomic E-state index is 10.6. The predicted molar refractivity (Wildman–Crippen MR) is 111 cm³/mol. The van der Waals surface area contributed by atoms with Crippen LogP contribution in [-0.2, 0) is 4.79 Å². The summed E-state index contributed by atoms with van der Waals surface area (Å²) in [5, 5.41) is 11.2. The van der Waals surface area contributed by atoms with E-state index < -0.39 is 12.1 Å². The molecule has 1 aliphatic rings. The molecule has 0 saturated carbocycles. The van der Waals surface area contributed by atoms with Crippen LogP contribution < -0.4 is 10.1 Å². The van der Waals surface area contributed by atoms with Gasteiger partial charge in [0.2, 0.25) is 0 Å². The summed E-state index contributed by atoms with van der Waals surface area (Å²) in [5.74, 6) is -1.84. The molecule has 0 aliphatic carbocycles. The molecule has 1 saturated heterocycles. The van der Waals surface area contributed by atoms with Gasteiger partial charge in [0.15, 0.2) is 0 Å². The van der Waals surface area contributed by atoms with Gasteiger partial charge in [-0.2, -0.15) is 13.2 Å². The fourth-order valence-electron chi connectivity index (χ4n) is 3.29. The lowest BCUT2D eigenvalue weighted by Gasteiger charge is -2.26. The average molecular weight is 456 g/mol. The number of pyridine rings is 1. The van der Waals surface area contributed by atoms with E-state index in [0.717, 1.165) is 54.1 Å².